The fraction of sp³-hybridized carbons (Fsp3) is 0.471. The van der Waals surface area contributed by atoms with E-state index in [1.807, 2.05) is 31.7 Å². The molecule has 0 N–H and O–H groups in total. The molecule has 5 heteroatoms. The second-order valence-electron chi connectivity index (χ2n) is 5.80. The van der Waals surface area contributed by atoms with Gasteiger partial charge < -0.3 is 14.0 Å². The van der Waals surface area contributed by atoms with Gasteiger partial charge in [0.05, 0.1) is 26.2 Å². The van der Waals surface area contributed by atoms with Gasteiger partial charge in [-0.2, -0.15) is 0 Å². The number of aryl methyl sites for hydroxylation is 1. The van der Waals surface area contributed by atoms with Gasteiger partial charge in [-0.25, -0.2) is 4.98 Å². The molecule has 5 nitrogen and oxygen atoms in total. The molecule has 0 unspecified atom stereocenters. The maximum atomic E-state index is 5.58. The molecule has 118 valence electrons. The van der Waals surface area contributed by atoms with E-state index < -0.39 is 0 Å². The SMILES string of the molecule is COc1cccc([C@H]2CCN(Cc3cncn3C)C2)c1OC. The van der Waals surface area contributed by atoms with E-state index in [0.29, 0.717) is 5.92 Å². The Morgan fingerprint density at radius 2 is 2.14 bits per heavy atom. The number of imidazole rings is 1. The molecule has 0 saturated carbocycles. The van der Waals surface area contributed by atoms with Crippen molar-refractivity contribution >= 4 is 0 Å². The molecule has 1 aromatic heterocycles. The first kappa shape index (κ1) is 14.9. The minimum Gasteiger partial charge on any atom is -0.493 e. The van der Waals surface area contributed by atoms with Crippen LogP contribution >= 0.6 is 0 Å². The largest absolute Gasteiger partial charge is 0.493 e. The summed E-state index contributed by atoms with van der Waals surface area (Å²) >= 11 is 0. The summed E-state index contributed by atoms with van der Waals surface area (Å²) in [6.07, 6.45) is 4.94. The lowest BCUT2D eigenvalue weighted by molar-refractivity contribution is 0.316. The van der Waals surface area contributed by atoms with E-state index in [9.17, 15) is 0 Å². The van der Waals surface area contributed by atoms with Crippen LogP contribution in [-0.2, 0) is 13.6 Å². The second-order valence-corrected chi connectivity index (χ2v) is 5.80. The molecular weight excluding hydrogens is 278 g/mol. The molecule has 0 bridgehead atoms. The highest BCUT2D eigenvalue weighted by molar-refractivity contribution is 5.48. The van der Waals surface area contributed by atoms with Gasteiger partial charge in [-0.05, 0) is 19.0 Å². The zero-order chi connectivity index (χ0) is 15.5. The summed E-state index contributed by atoms with van der Waals surface area (Å²) in [5.74, 6) is 2.17. The van der Waals surface area contributed by atoms with Gasteiger partial charge in [0.1, 0.15) is 0 Å². The normalized spacial score (nSPS) is 18.6. The molecule has 22 heavy (non-hydrogen) atoms. The summed E-state index contributed by atoms with van der Waals surface area (Å²) in [6.45, 7) is 3.07. The third-order valence-corrected chi connectivity index (χ3v) is 4.45. The zero-order valence-corrected chi connectivity index (χ0v) is 13.5. The Morgan fingerprint density at radius 3 is 2.82 bits per heavy atom. The predicted molar refractivity (Wildman–Crippen MR) is 85.4 cm³/mol. The molecule has 3 rings (SSSR count). The average Bonchev–Trinajstić information content (AvgIpc) is 3.16. The Morgan fingerprint density at radius 1 is 1.27 bits per heavy atom. The number of hydrogen-bond acceptors (Lipinski definition) is 4. The minimum absolute atomic E-state index is 0.485. The monoisotopic (exact) mass is 301 g/mol. The third-order valence-electron chi connectivity index (χ3n) is 4.45. The van der Waals surface area contributed by atoms with Gasteiger partial charge in [-0.15, -0.1) is 0 Å². The Hall–Kier alpha value is -2.01. The van der Waals surface area contributed by atoms with E-state index in [4.69, 9.17) is 9.47 Å². The number of likely N-dealkylation sites (tertiary alicyclic amines) is 1. The van der Waals surface area contributed by atoms with Crippen molar-refractivity contribution in [2.75, 3.05) is 27.3 Å². The van der Waals surface area contributed by atoms with Gasteiger partial charge in [0.15, 0.2) is 11.5 Å². The number of methoxy groups -OCH3 is 2. The zero-order valence-electron chi connectivity index (χ0n) is 13.5. The number of nitrogens with zero attached hydrogens (tertiary/aromatic N) is 3. The van der Waals surface area contributed by atoms with Gasteiger partial charge in [0, 0.05) is 37.8 Å². The molecule has 1 atom stereocenters. The summed E-state index contributed by atoms with van der Waals surface area (Å²) in [5.41, 5.74) is 2.49. The second kappa shape index (κ2) is 6.40. The molecule has 0 spiro atoms. The van der Waals surface area contributed by atoms with Crippen LogP contribution in [0.3, 0.4) is 0 Å². The fourth-order valence-corrected chi connectivity index (χ4v) is 3.23. The Bertz CT molecular complexity index is 639. The standard InChI is InChI=1S/C17H23N3O2/c1-19-12-18-9-14(19)11-20-8-7-13(10-20)15-5-4-6-16(21-2)17(15)22-3/h4-6,9,12-13H,7-8,10-11H2,1-3H3/t13-/m0/s1. The summed E-state index contributed by atoms with van der Waals surface area (Å²) in [4.78, 5) is 6.66. The predicted octanol–water partition coefficient (Wildman–Crippen LogP) is 2.43. The van der Waals surface area contributed by atoms with Gasteiger partial charge in [-0.3, -0.25) is 4.90 Å². The summed E-state index contributed by atoms with van der Waals surface area (Å²) in [6, 6.07) is 6.14. The maximum absolute atomic E-state index is 5.58. The first-order valence-corrected chi connectivity index (χ1v) is 7.61. The van der Waals surface area contributed by atoms with Crippen molar-refractivity contribution in [1.29, 1.82) is 0 Å². The Labute approximate surface area is 131 Å². The van der Waals surface area contributed by atoms with E-state index in [2.05, 4.69) is 20.5 Å². The van der Waals surface area contributed by atoms with E-state index in [1.165, 1.54) is 11.3 Å². The maximum Gasteiger partial charge on any atom is 0.164 e. The number of benzene rings is 1. The number of hydrogen-bond donors (Lipinski definition) is 0. The van der Waals surface area contributed by atoms with E-state index in [-0.39, 0.29) is 0 Å². The van der Waals surface area contributed by atoms with Crippen LogP contribution in [0.25, 0.3) is 0 Å². The molecular formula is C17H23N3O2. The highest BCUT2D eigenvalue weighted by Crippen LogP contribution is 2.39. The first-order chi connectivity index (χ1) is 10.7. The fourth-order valence-electron chi connectivity index (χ4n) is 3.23. The van der Waals surface area contributed by atoms with Crippen molar-refractivity contribution < 1.29 is 9.47 Å². The van der Waals surface area contributed by atoms with Gasteiger partial charge in [0.2, 0.25) is 0 Å². The van der Waals surface area contributed by atoms with Crippen LogP contribution in [0.5, 0.6) is 11.5 Å². The Balaban J connectivity index is 1.74. The number of aromatic nitrogens is 2. The molecule has 2 aromatic rings. The highest BCUT2D eigenvalue weighted by atomic mass is 16.5. The van der Waals surface area contributed by atoms with E-state index >= 15 is 0 Å². The molecule has 1 saturated heterocycles. The highest BCUT2D eigenvalue weighted by Gasteiger charge is 2.27. The summed E-state index contributed by atoms with van der Waals surface area (Å²) in [7, 11) is 5.44. The molecule has 1 aliphatic rings. The van der Waals surface area contributed by atoms with E-state index in [1.54, 1.807) is 14.2 Å². The molecule has 0 aliphatic carbocycles. The molecule has 1 aliphatic heterocycles. The van der Waals surface area contributed by atoms with Gasteiger partial charge in [0.25, 0.3) is 0 Å². The lowest BCUT2D eigenvalue weighted by atomic mass is 9.97. The lowest BCUT2D eigenvalue weighted by Gasteiger charge is -2.19. The smallest absolute Gasteiger partial charge is 0.164 e. The molecule has 0 radical (unpaired) electrons. The topological polar surface area (TPSA) is 39.5 Å². The van der Waals surface area contributed by atoms with Crippen LogP contribution in [0.4, 0.5) is 0 Å². The van der Waals surface area contributed by atoms with Crippen LogP contribution in [0.2, 0.25) is 0 Å². The number of ether oxygens (including phenoxy) is 2. The number of rotatable bonds is 5. The lowest BCUT2D eigenvalue weighted by Crippen LogP contribution is -2.21. The molecule has 2 heterocycles. The van der Waals surface area contributed by atoms with Crippen LogP contribution < -0.4 is 9.47 Å². The quantitative estimate of drug-likeness (QED) is 0.850. The minimum atomic E-state index is 0.485. The van der Waals surface area contributed by atoms with Crippen molar-refractivity contribution in [3.05, 3.63) is 42.0 Å². The average molecular weight is 301 g/mol. The molecule has 0 amide bonds. The van der Waals surface area contributed by atoms with Crippen LogP contribution in [-0.4, -0.2) is 41.8 Å². The number of para-hydroxylation sites is 1. The first-order valence-electron chi connectivity index (χ1n) is 7.61. The van der Waals surface area contributed by atoms with E-state index in [0.717, 1.165) is 37.6 Å². The van der Waals surface area contributed by atoms with Crippen LogP contribution in [0.1, 0.15) is 23.6 Å². The molecule has 1 fully saturated rings. The van der Waals surface area contributed by atoms with Crippen molar-refractivity contribution in [1.82, 2.24) is 14.5 Å². The van der Waals surface area contributed by atoms with Crippen molar-refractivity contribution in [3.63, 3.8) is 0 Å². The van der Waals surface area contributed by atoms with Gasteiger partial charge in [-0.1, -0.05) is 12.1 Å². The Kier molecular flexibility index (Phi) is 4.34. The molecule has 1 aromatic carbocycles. The van der Waals surface area contributed by atoms with Crippen molar-refractivity contribution in [3.8, 4) is 11.5 Å². The van der Waals surface area contributed by atoms with Gasteiger partial charge >= 0.3 is 0 Å². The van der Waals surface area contributed by atoms with Crippen molar-refractivity contribution in [2.45, 2.75) is 18.9 Å². The summed E-state index contributed by atoms with van der Waals surface area (Å²) in [5, 5.41) is 0. The third kappa shape index (κ3) is 2.81. The van der Waals surface area contributed by atoms with Crippen LogP contribution in [0, 0.1) is 0 Å². The van der Waals surface area contributed by atoms with Crippen LogP contribution in [0.15, 0.2) is 30.7 Å². The van der Waals surface area contributed by atoms with Crippen molar-refractivity contribution in [2.24, 2.45) is 7.05 Å². The summed E-state index contributed by atoms with van der Waals surface area (Å²) < 4.78 is 13.1.